The lowest BCUT2D eigenvalue weighted by Gasteiger charge is -2.18. The van der Waals surface area contributed by atoms with Gasteiger partial charge in [-0.05, 0) is 49.6 Å². The maximum absolute atomic E-state index is 11.6. The zero-order valence-corrected chi connectivity index (χ0v) is 12.3. The first-order chi connectivity index (χ1) is 9.48. The molecule has 6 heteroatoms. The molecule has 1 aliphatic rings. The minimum atomic E-state index is -3.24. The van der Waals surface area contributed by atoms with E-state index in [4.69, 9.17) is 5.73 Å². The van der Waals surface area contributed by atoms with E-state index in [1.165, 1.54) is 18.3 Å². The van der Waals surface area contributed by atoms with Gasteiger partial charge in [-0.3, -0.25) is 0 Å². The van der Waals surface area contributed by atoms with Crippen LogP contribution in [0.1, 0.15) is 23.2 Å². The predicted molar refractivity (Wildman–Crippen MR) is 80.0 cm³/mol. The molecule has 1 aromatic carbocycles. The molecule has 20 heavy (non-hydrogen) atoms. The number of aryl methyl sites for hydroxylation is 1. The van der Waals surface area contributed by atoms with Gasteiger partial charge >= 0.3 is 0 Å². The Morgan fingerprint density at radius 3 is 3.00 bits per heavy atom. The first-order valence-corrected chi connectivity index (χ1v) is 8.43. The van der Waals surface area contributed by atoms with E-state index in [0.29, 0.717) is 0 Å². The van der Waals surface area contributed by atoms with Crippen LogP contribution in [0.2, 0.25) is 0 Å². The van der Waals surface area contributed by atoms with Gasteiger partial charge in [0.2, 0.25) is 10.0 Å². The number of hydrogen-bond donors (Lipinski definition) is 3. The van der Waals surface area contributed by atoms with Gasteiger partial charge in [0.05, 0.1) is 5.75 Å². The van der Waals surface area contributed by atoms with E-state index in [-0.39, 0.29) is 11.8 Å². The van der Waals surface area contributed by atoms with E-state index in [9.17, 15) is 8.42 Å². The number of fused-ring (bicyclic) bond motifs is 3. The summed E-state index contributed by atoms with van der Waals surface area (Å²) >= 11 is 0. The second kappa shape index (κ2) is 4.87. The Labute approximate surface area is 118 Å². The molecule has 108 valence electrons. The standard InChI is InChI=1S/C14H19N3O2S/c1-16-20(18,19)8-9-2-4-13-11(6-9)12-7-10(15)3-5-14(12)17-13/h2,4,6,10,16-17H,3,5,7-8,15H2,1H3. The summed E-state index contributed by atoms with van der Waals surface area (Å²) in [5.74, 6) is 0.00540. The van der Waals surface area contributed by atoms with E-state index in [0.717, 1.165) is 35.7 Å². The number of sulfonamides is 1. The highest BCUT2D eigenvalue weighted by atomic mass is 32.2. The number of aromatic nitrogens is 1. The van der Waals surface area contributed by atoms with Crippen LogP contribution < -0.4 is 10.5 Å². The molecule has 1 aliphatic carbocycles. The molecule has 1 aromatic heterocycles. The third-order valence-corrected chi connectivity index (χ3v) is 5.29. The van der Waals surface area contributed by atoms with E-state index < -0.39 is 10.0 Å². The average Bonchev–Trinajstić information content (AvgIpc) is 2.76. The van der Waals surface area contributed by atoms with Crippen LogP contribution in [0.5, 0.6) is 0 Å². The maximum Gasteiger partial charge on any atom is 0.215 e. The van der Waals surface area contributed by atoms with Crippen LogP contribution in [-0.4, -0.2) is 26.5 Å². The first kappa shape index (κ1) is 13.6. The fourth-order valence-electron chi connectivity index (χ4n) is 2.87. The lowest BCUT2D eigenvalue weighted by Crippen LogP contribution is -2.27. The van der Waals surface area contributed by atoms with Crippen molar-refractivity contribution in [2.24, 2.45) is 5.73 Å². The topological polar surface area (TPSA) is 88.0 Å². The van der Waals surface area contributed by atoms with Gasteiger partial charge in [0.1, 0.15) is 0 Å². The lowest BCUT2D eigenvalue weighted by molar-refractivity contribution is 0.574. The molecule has 0 amide bonds. The Morgan fingerprint density at radius 1 is 1.45 bits per heavy atom. The molecule has 5 nitrogen and oxygen atoms in total. The number of nitrogens with one attached hydrogen (secondary N) is 2. The van der Waals surface area contributed by atoms with Crippen LogP contribution >= 0.6 is 0 Å². The largest absolute Gasteiger partial charge is 0.358 e. The van der Waals surface area contributed by atoms with Gasteiger partial charge in [-0.2, -0.15) is 0 Å². The molecule has 3 rings (SSSR count). The molecular weight excluding hydrogens is 274 g/mol. The van der Waals surface area contributed by atoms with Crippen molar-refractivity contribution >= 4 is 20.9 Å². The van der Waals surface area contributed by atoms with E-state index in [1.54, 1.807) is 0 Å². The van der Waals surface area contributed by atoms with Crippen LogP contribution in [0, 0.1) is 0 Å². The predicted octanol–water partition coefficient (Wildman–Crippen LogP) is 1.03. The van der Waals surface area contributed by atoms with Crippen molar-refractivity contribution < 1.29 is 8.42 Å². The van der Waals surface area contributed by atoms with E-state index >= 15 is 0 Å². The minimum Gasteiger partial charge on any atom is -0.358 e. The summed E-state index contributed by atoms with van der Waals surface area (Å²) in [4.78, 5) is 3.42. The normalized spacial score (nSPS) is 19.2. The SMILES string of the molecule is CNS(=O)(=O)Cc1ccc2[nH]c3c(c2c1)CC(N)CC3. The van der Waals surface area contributed by atoms with Gasteiger partial charge in [-0.25, -0.2) is 13.1 Å². The van der Waals surface area contributed by atoms with E-state index in [1.807, 2.05) is 18.2 Å². The van der Waals surface area contributed by atoms with Crippen molar-refractivity contribution in [1.82, 2.24) is 9.71 Å². The van der Waals surface area contributed by atoms with Crippen molar-refractivity contribution in [1.29, 1.82) is 0 Å². The van der Waals surface area contributed by atoms with Gasteiger partial charge < -0.3 is 10.7 Å². The molecule has 0 radical (unpaired) electrons. The van der Waals surface area contributed by atoms with Crippen LogP contribution in [0.15, 0.2) is 18.2 Å². The van der Waals surface area contributed by atoms with Crippen molar-refractivity contribution in [2.75, 3.05) is 7.05 Å². The van der Waals surface area contributed by atoms with Gasteiger partial charge in [0.15, 0.2) is 0 Å². The highest BCUT2D eigenvalue weighted by Gasteiger charge is 2.20. The molecule has 1 unspecified atom stereocenters. The summed E-state index contributed by atoms with van der Waals surface area (Å²) < 4.78 is 25.6. The molecule has 0 saturated heterocycles. The summed E-state index contributed by atoms with van der Waals surface area (Å²) in [6, 6.07) is 5.99. The number of benzene rings is 1. The summed E-state index contributed by atoms with van der Waals surface area (Å²) in [7, 11) is -1.81. The summed E-state index contributed by atoms with van der Waals surface area (Å²) in [5.41, 5.74) is 10.4. The first-order valence-electron chi connectivity index (χ1n) is 6.77. The Kier molecular flexibility index (Phi) is 3.32. The van der Waals surface area contributed by atoms with Crippen molar-refractivity contribution in [2.45, 2.75) is 31.1 Å². The van der Waals surface area contributed by atoms with Crippen LogP contribution in [-0.2, 0) is 28.6 Å². The highest BCUT2D eigenvalue weighted by molar-refractivity contribution is 7.88. The van der Waals surface area contributed by atoms with Crippen LogP contribution in [0.4, 0.5) is 0 Å². The third-order valence-electron chi connectivity index (χ3n) is 3.96. The molecular formula is C14H19N3O2S. The number of aromatic amines is 1. The second-order valence-electron chi connectivity index (χ2n) is 5.43. The number of nitrogens with two attached hydrogens (primary N) is 1. The fourth-order valence-corrected chi connectivity index (χ4v) is 3.64. The van der Waals surface area contributed by atoms with E-state index in [2.05, 4.69) is 9.71 Å². The van der Waals surface area contributed by atoms with Crippen LogP contribution in [0.25, 0.3) is 10.9 Å². The Hall–Kier alpha value is -1.37. The molecule has 0 spiro atoms. The second-order valence-corrected chi connectivity index (χ2v) is 7.35. The minimum absolute atomic E-state index is 0.00540. The van der Waals surface area contributed by atoms with Gasteiger partial charge in [0, 0.05) is 22.6 Å². The number of hydrogen-bond acceptors (Lipinski definition) is 3. The number of rotatable bonds is 3. The molecule has 0 fully saturated rings. The van der Waals surface area contributed by atoms with Gasteiger partial charge in [-0.15, -0.1) is 0 Å². The summed E-state index contributed by atoms with van der Waals surface area (Å²) in [5, 5.41) is 1.11. The van der Waals surface area contributed by atoms with Crippen molar-refractivity contribution in [3.05, 3.63) is 35.0 Å². The number of H-pyrrole nitrogens is 1. The molecule has 2 aromatic rings. The lowest BCUT2D eigenvalue weighted by atomic mass is 9.92. The van der Waals surface area contributed by atoms with Gasteiger partial charge in [0.25, 0.3) is 0 Å². The smallest absolute Gasteiger partial charge is 0.215 e. The van der Waals surface area contributed by atoms with Crippen molar-refractivity contribution in [3.8, 4) is 0 Å². The zero-order chi connectivity index (χ0) is 14.3. The summed E-state index contributed by atoms with van der Waals surface area (Å²) in [6.45, 7) is 0. The third kappa shape index (κ3) is 2.46. The highest BCUT2D eigenvalue weighted by Crippen LogP contribution is 2.29. The van der Waals surface area contributed by atoms with Crippen molar-refractivity contribution in [3.63, 3.8) is 0 Å². The molecule has 1 atom stereocenters. The monoisotopic (exact) mass is 293 g/mol. The van der Waals surface area contributed by atoms with Gasteiger partial charge in [-0.1, -0.05) is 6.07 Å². The van der Waals surface area contributed by atoms with Crippen LogP contribution in [0.3, 0.4) is 0 Å². The zero-order valence-electron chi connectivity index (χ0n) is 11.4. The Morgan fingerprint density at radius 2 is 2.25 bits per heavy atom. The Balaban J connectivity index is 2.04. The summed E-state index contributed by atoms with van der Waals surface area (Å²) in [6.07, 6.45) is 2.83. The molecule has 1 heterocycles. The molecule has 0 saturated carbocycles. The molecule has 0 bridgehead atoms. The average molecular weight is 293 g/mol. The molecule has 4 N–H and O–H groups in total. The molecule has 0 aliphatic heterocycles. The quantitative estimate of drug-likeness (QED) is 0.790. The maximum atomic E-state index is 11.6. The Bertz CT molecular complexity index is 749. The fraction of sp³-hybridized carbons (Fsp3) is 0.429.